The quantitative estimate of drug-likeness (QED) is 0.161. The number of nitrogens with zero attached hydrogens (tertiary/aromatic N) is 2. The van der Waals surface area contributed by atoms with Gasteiger partial charge in [0.05, 0.1) is 16.8 Å². The van der Waals surface area contributed by atoms with Gasteiger partial charge in [0.25, 0.3) is 0 Å². The first-order valence-corrected chi connectivity index (χ1v) is 24.5. The molecular weight excluding hydrogens is 812 g/mol. The van der Waals surface area contributed by atoms with Crippen molar-refractivity contribution in [2.24, 2.45) is 0 Å². The highest BCUT2D eigenvalue weighted by molar-refractivity contribution is 6.86. The predicted molar refractivity (Wildman–Crippen MR) is 285 cm³/mol. The maximum atomic E-state index is 7.08. The summed E-state index contributed by atoms with van der Waals surface area (Å²) in [6.45, 7) is 21.9. The molecule has 0 radical (unpaired) electrons. The molecule has 10 aromatic rings. The Morgan fingerprint density at radius 3 is 2.00 bits per heavy atom. The molecule has 4 heterocycles. The lowest BCUT2D eigenvalue weighted by Crippen LogP contribution is -2.52. The van der Waals surface area contributed by atoms with Crippen LogP contribution in [0.25, 0.3) is 82.5 Å². The maximum Gasteiger partial charge on any atom is 0.329 e. The second-order valence-corrected chi connectivity index (χ2v) is 23.1. The van der Waals surface area contributed by atoms with E-state index >= 15 is 0 Å². The number of para-hydroxylation sites is 2. The average Bonchev–Trinajstić information content (AvgIpc) is 3.94. The Hall–Kier alpha value is -6.78. The van der Waals surface area contributed by atoms with Crippen LogP contribution in [0.3, 0.4) is 0 Å². The molecule has 67 heavy (non-hydrogen) atoms. The van der Waals surface area contributed by atoms with Crippen LogP contribution < -0.4 is 10.4 Å². The Kier molecular flexibility index (Phi) is 7.53. The first-order chi connectivity index (χ1) is 32.1. The topological polar surface area (TPSA) is 21.3 Å². The van der Waals surface area contributed by atoms with Crippen molar-refractivity contribution in [2.75, 3.05) is 4.90 Å². The van der Waals surface area contributed by atoms with E-state index in [1.165, 1.54) is 122 Å². The van der Waals surface area contributed by atoms with Crippen LogP contribution in [0.5, 0.6) is 0 Å². The number of hydrogen-bond donors (Lipinski definition) is 0. The number of anilines is 2. The summed E-state index contributed by atoms with van der Waals surface area (Å²) < 4.78 is 9.88. The van der Waals surface area contributed by atoms with Crippen molar-refractivity contribution >= 4 is 83.9 Å². The van der Waals surface area contributed by atoms with Crippen molar-refractivity contribution in [2.45, 2.75) is 96.8 Å². The lowest BCUT2D eigenvalue weighted by atomic mass is 9.40. The van der Waals surface area contributed by atoms with Gasteiger partial charge in [-0.3, -0.25) is 0 Å². The van der Waals surface area contributed by atoms with E-state index in [0.29, 0.717) is 0 Å². The number of allylic oxidation sites excluding steroid dienone is 1. The van der Waals surface area contributed by atoms with Crippen LogP contribution in [-0.2, 0) is 21.7 Å². The Morgan fingerprint density at radius 2 is 1.22 bits per heavy atom. The molecule has 4 aliphatic rings. The highest BCUT2D eigenvalue weighted by atomic mass is 16.3. The third-order valence-electron chi connectivity index (χ3n) is 17.0. The third-order valence-corrected chi connectivity index (χ3v) is 17.0. The van der Waals surface area contributed by atoms with Gasteiger partial charge in [-0.15, -0.1) is 0 Å². The van der Waals surface area contributed by atoms with Crippen molar-refractivity contribution in [3.05, 3.63) is 179 Å². The minimum absolute atomic E-state index is 0.0288. The van der Waals surface area contributed by atoms with Crippen LogP contribution in [0.1, 0.15) is 103 Å². The summed E-state index contributed by atoms with van der Waals surface area (Å²) in [5.74, 6) is 0. The van der Waals surface area contributed by atoms with E-state index < -0.39 is 0 Å². The zero-order valence-corrected chi connectivity index (χ0v) is 40.2. The third kappa shape index (κ3) is 5.04. The van der Waals surface area contributed by atoms with Gasteiger partial charge in [-0.25, -0.2) is 0 Å². The standard InChI is InChI=1S/C63H55BN2O/c1-60(2,3)38-27-29-50(44(32-38)36-18-11-10-12-19-36)65-57-46-33-48-49(62(6,7)31-30-61(48,4)5)35-47(46)63(8,9)59(57)64-54-45(34-52-53(58(54)65)43-22-15-16-25-51(43)67-52)41-24-17-23-40-42-28-26-37-20-13-14-21-39(37)55(42)66(64)56(40)41/h10-29,32-35H,30-31H2,1-9H3. The minimum Gasteiger partial charge on any atom is -0.456 e. The van der Waals surface area contributed by atoms with Crippen LogP contribution in [-0.4, -0.2) is 11.3 Å². The molecule has 0 atom stereocenters. The molecule has 2 aliphatic carbocycles. The Morgan fingerprint density at radius 1 is 0.537 bits per heavy atom. The van der Waals surface area contributed by atoms with Crippen LogP contribution in [0.15, 0.2) is 155 Å². The molecule has 0 saturated carbocycles. The first kappa shape index (κ1) is 39.4. The second kappa shape index (κ2) is 12.8. The smallest absolute Gasteiger partial charge is 0.329 e. The number of rotatable bonds is 2. The first-order valence-electron chi connectivity index (χ1n) is 24.5. The molecule has 326 valence electrons. The lowest BCUT2D eigenvalue weighted by Gasteiger charge is -2.44. The molecule has 14 rings (SSSR count). The summed E-state index contributed by atoms with van der Waals surface area (Å²) >= 11 is 0. The monoisotopic (exact) mass is 866 g/mol. The van der Waals surface area contributed by atoms with Gasteiger partial charge in [-0.1, -0.05) is 178 Å². The molecule has 0 fully saturated rings. The molecule has 0 unspecified atom stereocenters. The normalized spacial score (nSPS) is 17.4. The summed E-state index contributed by atoms with van der Waals surface area (Å²) in [7, 11) is 0. The molecule has 0 saturated heterocycles. The van der Waals surface area contributed by atoms with Crippen LogP contribution in [0, 0.1) is 0 Å². The molecule has 0 N–H and O–H groups in total. The molecule has 2 aliphatic heterocycles. The Balaban J connectivity index is 1.23. The fourth-order valence-electron chi connectivity index (χ4n) is 13.4. The molecule has 0 spiro atoms. The molecule has 0 amide bonds. The van der Waals surface area contributed by atoms with Crippen molar-refractivity contribution in [3.8, 4) is 22.3 Å². The Bertz CT molecular complexity index is 3890. The summed E-state index contributed by atoms with van der Waals surface area (Å²) in [5.41, 5.74) is 22.8. The molecular formula is C63H55BN2O. The van der Waals surface area contributed by atoms with Gasteiger partial charge >= 0.3 is 6.85 Å². The summed E-state index contributed by atoms with van der Waals surface area (Å²) in [6, 6.07) is 55.7. The van der Waals surface area contributed by atoms with Gasteiger partial charge in [0.2, 0.25) is 0 Å². The predicted octanol–water partition coefficient (Wildman–Crippen LogP) is 16.3. The van der Waals surface area contributed by atoms with E-state index in [2.05, 4.69) is 217 Å². The van der Waals surface area contributed by atoms with Crippen molar-refractivity contribution in [1.29, 1.82) is 0 Å². The van der Waals surface area contributed by atoms with Crippen molar-refractivity contribution < 1.29 is 4.42 Å². The number of hydrogen-bond acceptors (Lipinski definition) is 2. The summed E-state index contributed by atoms with van der Waals surface area (Å²) in [6.07, 6.45) is 2.33. The molecule has 2 aromatic heterocycles. The zero-order valence-electron chi connectivity index (χ0n) is 40.2. The number of furan rings is 1. The largest absolute Gasteiger partial charge is 0.456 e. The van der Waals surface area contributed by atoms with Crippen LogP contribution in [0.4, 0.5) is 11.4 Å². The van der Waals surface area contributed by atoms with E-state index in [1.807, 2.05) is 0 Å². The molecule has 4 heteroatoms. The highest BCUT2D eigenvalue weighted by Crippen LogP contribution is 2.61. The van der Waals surface area contributed by atoms with Gasteiger partial charge in [0.15, 0.2) is 0 Å². The van der Waals surface area contributed by atoms with Crippen LogP contribution in [0.2, 0.25) is 0 Å². The molecule has 3 nitrogen and oxygen atoms in total. The van der Waals surface area contributed by atoms with Crippen LogP contribution >= 0.6 is 0 Å². The second-order valence-electron chi connectivity index (χ2n) is 23.1. The van der Waals surface area contributed by atoms with Crippen molar-refractivity contribution in [3.63, 3.8) is 0 Å². The number of benzene rings is 8. The molecule has 8 aromatic carbocycles. The maximum absolute atomic E-state index is 7.08. The van der Waals surface area contributed by atoms with E-state index in [4.69, 9.17) is 4.42 Å². The number of fused-ring (bicyclic) bond motifs is 15. The average molecular weight is 867 g/mol. The van der Waals surface area contributed by atoms with Gasteiger partial charge in [0, 0.05) is 60.4 Å². The lowest BCUT2D eigenvalue weighted by molar-refractivity contribution is 0.331. The SMILES string of the molecule is CC(C)(C)c1ccc(N2C3=C(B4c5c(cc6oc7ccccc7c6c52)-c2cccc5c6ccc7ccccc7c6n4c25)C(C)(C)c2cc4c(cc23)C(C)(C)CCC4(C)C)c(-c2ccccc2)c1. The van der Waals surface area contributed by atoms with E-state index in [0.717, 1.165) is 23.0 Å². The Labute approximate surface area is 393 Å². The van der Waals surface area contributed by atoms with Gasteiger partial charge in [-0.2, -0.15) is 0 Å². The van der Waals surface area contributed by atoms with Crippen molar-refractivity contribution in [1.82, 2.24) is 4.48 Å². The molecule has 0 bridgehead atoms. The van der Waals surface area contributed by atoms with E-state index in [1.54, 1.807) is 0 Å². The van der Waals surface area contributed by atoms with E-state index in [9.17, 15) is 0 Å². The fraction of sp³-hybridized carbons (Fsp3) is 0.238. The summed E-state index contributed by atoms with van der Waals surface area (Å²) in [4.78, 5) is 2.75. The van der Waals surface area contributed by atoms with Gasteiger partial charge in [-0.05, 0) is 109 Å². The summed E-state index contributed by atoms with van der Waals surface area (Å²) in [5, 5.41) is 7.49. The highest BCUT2D eigenvalue weighted by Gasteiger charge is 2.55. The van der Waals surface area contributed by atoms with E-state index in [-0.39, 0.29) is 28.5 Å². The zero-order chi connectivity index (χ0) is 45.7. The number of aromatic nitrogens is 1. The van der Waals surface area contributed by atoms with Gasteiger partial charge in [0.1, 0.15) is 11.2 Å². The minimum atomic E-state index is -0.347. The fourth-order valence-corrected chi connectivity index (χ4v) is 13.4. The van der Waals surface area contributed by atoms with Gasteiger partial charge < -0.3 is 13.8 Å².